The third-order valence-electron chi connectivity index (χ3n) is 2.88. The number of nitrogens with two attached hydrogens (primary N) is 1. The van der Waals surface area contributed by atoms with Crippen LogP contribution in [-0.4, -0.2) is 5.78 Å². The lowest BCUT2D eigenvalue weighted by Crippen LogP contribution is -2.08. The smallest absolute Gasteiger partial charge is 0.166 e. The van der Waals surface area contributed by atoms with Crippen LogP contribution in [0, 0.1) is 16.7 Å². The van der Waals surface area contributed by atoms with Crippen LogP contribution in [0.3, 0.4) is 0 Å². The van der Waals surface area contributed by atoms with Gasteiger partial charge in [0.25, 0.3) is 0 Å². The molecule has 0 aromatic heterocycles. The lowest BCUT2D eigenvalue weighted by molar-refractivity contribution is 0.0966. The van der Waals surface area contributed by atoms with Crippen molar-refractivity contribution < 1.29 is 4.79 Å². The summed E-state index contributed by atoms with van der Waals surface area (Å²) in [6, 6.07) is 7.02. The molecule has 16 heavy (non-hydrogen) atoms. The summed E-state index contributed by atoms with van der Waals surface area (Å²) in [6.07, 6.45) is 1.84. The number of anilines is 1. The molecule has 0 heterocycles. The van der Waals surface area contributed by atoms with Gasteiger partial charge in [0.2, 0.25) is 0 Å². The molecule has 1 fully saturated rings. The van der Waals surface area contributed by atoms with Gasteiger partial charge in [-0.15, -0.1) is 0 Å². The topological polar surface area (TPSA) is 66.9 Å². The normalized spacial score (nSPS) is 16.5. The Morgan fingerprint density at radius 1 is 1.56 bits per heavy atom. The van der Waals surface area contributed by atoms with E-state index in [2.05, 4.69) is 6.07 Å². The molecule has 1 saturated carbocycles. The van der Waals surface area contributed by atoms with Crippen LogP contribution in [-0.2, 0) is 0 Å². The molecule has 1 aromatic rings. The van der Waals surface area contributed by atoms with E-state index < -0.39 is 5.41 Å². The summed E-state index contributed by atoms with van der Waals surface area (Å²) in [5.74, 6) is -0.101. The Morgan fingerprint density at radius 2 is 2.25 bits per heavy atom. The van der Waals surface area contributed by atoms with E-state index in [0.29, 0.717) is 16.3 Å². The van der Waals surface area contributed by atoms with Crippen LogP contribution in [0.1, 0.15) is 29.6 Å². The molecule has 0 atom stereocenters. The zero-order valence-electron chi connectivity index (χ0n) is 8.66. The van der Waals surface area contributed by atoms with Gasteiger partial charge in [0.05, 0.1) is 16.5 Å². The molecule has 3 nitrogen and oxygen atoms in total. The Kier molecular flexibility index (Phi) is 2.61. The SMILES string of the molecule is N#CC1(CC(=O)c2cc(N)ccc2Cl)CC1. The van der Waals surface area contributed by atoms with E-state index in [1.807, 2.05) is 0 Å². The van der Waals surface area contributed by atoms with Crippen LogP contribution < -0.4 is 5.73 Å². The van der Waals surface area contributed by atoms with Gasteiger partial charge >= 0.3 is 0 Å². The number of benzene rings is 1. The van der Waals surface area contributed by atoms with Crippen molar-refractivity contribution in [1.29, 1.82) is 5.26 Å². The molecule has 1 aliphatic rings. The highest BCUT2D eigenvalue weighted by Crippen LogP contribution is 2.48. The average Bonchev–Trinajstić information content (AvgIpc) is 3.02. The first kappa shape index (κ1) is 11.0. The van der Waals surface area contributed by atoms with Crippen LogP contribution in [0.4, 0.5) is 5.69 Å². The molecule has 0 saturated heterocycles. The highest BCUT2D eigenvalue weighted by Gasteiger charge is 2.45. The molecule has 0 amide bonds. The van der Waals surface area contributed by atoms with Crippen molar-refractivity contribution in [2.24, 2.45) is 5.41 Å². The van der Waals surface area contributed by atoms with E-state index in [1.54, 1.807) is 18.2 Å². The zero-order chi connectivity index (χ0) is 11.8. The van der Waals surface area contributed by atoms with E-state index >= 15 is 0 Å². The number of hydrogen-bond donors (Lipinski definition) is 1. The largest absolute Gasteiger partial charge is 0.399 e. The summed E-state index contributed by atoms with van der Waals surface area (Å²) in [5.41, 5.74) is 6.09. The number of halogens is 1. The molecule has 0 bridgehead atoms. The van der Waals surface area contributed by atoms with Crippen LogP contribution in [0.15, 0.2) is 18.2 Å². The van der Waals surface area contributed by atoms with Gasteiger partial charge < -0.3 is 5.73 Å². The van der Waals surface area contributed by atoms with Crippen molar-refractivity contribution in [1.82, 2.24) is 0 Å². The predicted octanol–water partition coefficient (Wildman–Crippen LogP) is 2.80. The molecule has 0 unspecified atom stereocenters. The van der Waals surface area contributed by atoms with E-state index in [0.717, 1.165) is 12.8 Å². The maximum atomic E-state index is 11.9. The highest BCUT2D eigenvalue weighted by molar-refractivity contribution is 6.34. The Labute approximate surface area is 98.8 Å². The third kappa shape index (κ3) is 2.02. The van der Waals surface area contributed by atoms with Gasteiger partial charge in [-0.25, -0.2) is 0 Å². The second-order valence-corrected chi connectivity index (χ2v) is 4.64. The maximum Gasteiger partial charge on any atom is 0.166 e. The number of rotatable bonds is 3. The predicted molar refractivity (Wildman–Crippen MR) is 62.1 cm³/mol. The third-order valence-corrected chi connectivity index (χ3v) is 3.21. The van der Waals surface area contributed by atoms with E-state index in [1.165, 1.54) is 0 Å². The summed E-state index contributed by atoms with van der Waals surface area (Å²) in [4.78, 5) is 11.9. The summed E-state index contributed by atoms with van der Waals surface area (Å²) in [5, 5.41) is 9.31. The fraction of sp³-hybridized carbons (Fsp3) is 0.333. The van der Waals surface area contributed by atoms with Crippen LogP contribution in [0.25, 0.3) is 0 Å². The molecule has 4 heteroatoms. The number of nitriles is 1. The van der Waals surface area contributed by atoms with Gasteiger partial charge in [0, 0.05) is 17.7 Å². The molecular formula is C12H11ClN2O. The monoisotopic (exact) mass is 234 g/mol. The maximum absolute atomic E-state index is 11.9. The Bertz CT molecular complexity index is 486. The first-order chi connectivity index (χ1) is 7.56. The standard InChI is InChI=1S/C12H11ClN2O/c13-10-2-1-8(15)5-9(10)11(16)6-12(7-14)3-4-12/h1-2,5H,3-4,6,15H2. The number of hydrogen-bond acceptors (Lipinski definition) is 3. The number of nitrogens with zero attached hydrogens (tertiary/aromatic N) is 1. The first-order valence-corrected chi connectivity index (χ1v) is 5.44. The molecule has 2 rings (SSSR count). The quantitative estimate of drug-likeness (QED) is 0.646. The highest BCUT2D eigenvalue weighted by atomic mass is 35.5. The Hall–Kier alpha value is -1.53. The molecule has 0 spiro atoms. The number of Topliss-reactive ketones (excluding diaryl/α,β-unsaturated/α-hetero) is 1. The Morgan fingerprint density at radius 3 is 2.81 bits per heavy atom. The van der Waals surface area contributed by atoms with Gasteiger partial charge in [-0.1, -0.05) is 11.6 Å². The average molecular weight is 235 g/mol. The van der Waals surface area contributed by atoms with Crippen molar-refractivity contribution in [3.8, 4) is 6.07 Å². The van der Waals surface area contributed by atoms with Crippen molar-refractivity contribution >= 4 is 23.1 Å². The lowest BCUT2D eigenvalue weighted by Gasteiger charge is -2.07. The van der Waals surface area contributed by atoms with Crippen molar-refractivity contribution in [3.63, 3.8) is 0 Å². The minimum absolute atomic E-state index is 0.101. The molecule has 0 aliphatic heterocycles. The van der Waals surface area contributed by atoms with E-state index in [9.17, 15) is 4.79 Å². The van der Waals surface area contributed by atoms with Crippen LogP contribution in [0.2, 0.25) is 5.02 Å². The Balaban J connectivity index is 2.22. The van der Waals surface area contributed by atoms with Gasteiger partial charge in [0.15, 0.2) is 5.78 Å². The fourth-order valence-electron chi connectivity index (χ4n) is 1.64. The van der Waals surface area contributed by atoms with Crippen LogP contribution >= 0.6 is 11.6 Å². The number of ketones is 1. The van der Waals surface area contributed by atoms with E-state index in [4.69, 9.17) is 22.6 Å². The van der Waals surface area contributed by atoms with Crippen LogP contribution in [0.5, 0.6) is 0 Å². The molecule has 82 valence electrons. The van der Waals surface area contributed by atoms with Crippen molar-refractivity contribution in [2.75, 3.05) is 5.73 Å². The molecule has 1 aliphatic carbocycles. The zero-order valence-corrected chi connectivity index (χ0v) is 9.42. The number of carbonyl (C=O) groups excluding carboxylic acids is 1. The summed E-state index contributed by atoms with van der Waals surface area (Å²) in [7, 11) is 0. The van der Waals surface area contributed by atoms with Gasteiger partial charge in [-0.2, -0.15) is 5.26 Å². The fourth-order valence-corrected chi connectivity index (χ4v) is 1.86. The summed E-state index contributed by atoms with van der Waals surface area (Å²) in [6.45, 7) is 0. The molecule has 1 aromatic carbocycles. The van der Waals surface area contributed by atoms with Gasteiger partial charge in [0.1, 0.15) is 0 Å². The number of carbonyl (C=O) groups is 1. The second kappa shape index (κ2) is 3.80. The molecule has 2 N–H and O–H groups in total. The minimum atomic E-state index is -0.439. The summed E-state index contributed by atoms with van der Waals surface area (Å²) >= 11 is 5.92. The summed E-state index contributed by atoms with van der Waals surface area (Å²) < 4.78 is 0. The van der Waals surface area contributed by atoms with E-state index in [-0.39, 0.29) is 12.2 Å². The lowest BCUT2D eigenvalue weighted by atomic mass is 9.97. The van der Waals surface area contributed by atoms with Gasteiger partial charge in [-0.3, -0.25) is 4.79 Å². The second-order valence-electron chi connectivity index (χ2n) is 4.23. The van der Waals surface area contributed by atoms with Gasteiger partial charge in [-0.05, 0) is 31.0 Å². The minimum Gasteiger partial charge on any atom is -0.399 e. The number of nitrogen functional groups attached to an aromatic ring is 1. The first-order valence-electron chi connectivity index (χ1n) is 5.06. The molecular weight excluding hydrogens is 224 g/mol. The van der Waals surface area contributed by atoms with Crippen molar-refractivity contribution in [2.45, 2.75) is 19.3 Å². The molecule has 0 radical (unpaired) electrons. The van der Waals surface area contributed by atoms with Crippen molar-refractivity contribution in [3.05, 3.63) is 28.8 Å².